The van der Waals surface area contributed by atoms with Crippen molar-refractivity contribution in [1.82, 2.24) is 29.7 Å². The molecule has 0 atom stereocenters. The summed E-state index contributed by atoms with van der Waals surface area (Å²) in [6, 6.07) is 10.1. The molecule has 1 fully saturated rings. The smallest absolute Gasteiger partial charge is 0.413 e. The number of nitrogens with zero attached hydrogens (tertiary/aromatic N) is 5. The number of halogens is 1. The summed E-state index contributed by atoms with van der Waals surface area (Å²) >= 11 is 0. The quantitative estimate of drug-likeness (QED) is 0.359. The molecule has 40 heavy (non-hydrogen) atoms. The van der Waals surface area contributed by atoms with Crippen LogP contribution in [-0.2, 0) is 20.9 Å². The second-order valence-electron chi connectivity index (χ2n) is 9.21. The predicted octanol–water partition coefficient (Wildman–Crippen LogP) is 3.98. The Hall–Kier alpha value is -4.87. The van der Waals surface area contributed by atoms with Crippen LogP contribution >= 0.6 is 0 Å². The Kier molecular flexibility index (Phi) is 7.67. The van der Waals surface area contributed by atoms with E-state index in [-0.39, 0.29) is 36.6 Å². The number of ether oxygens (including phenoxy) is 1. The molecule has 0 saturated carbocycles. The van der Waals surface area contributed by atoms with Crippen LogP contribution in [0.15, 0.2) is 48.8 Å². The SMILES string of the molecule is CCOC(=O)Nc1nc2c(-c3ncccc3F)cc(-c3ccc(CN4CCN(C(=O)CC)CC4=O)nc3)cc2[nH]1. The summed E-state index contributed by atoms with van der Waals surface area (Å²) in [6.07, 6.45) is 2.89. The third-order valence-electron chi connectivity index (χ3n) is 6.58. The highest BCUT2D eigenvalue weighted by Crippen LogP contribution is 2.34. The van der Waals surface area contributed by atoms with E-state index in [0.29, 0.717) is 48.3 Å². The largest absolute Gasteiger partial charge is 0.450 e. The van der Waals surface area contributed by atoms with Crippen molar-refractivity contribution in [3.8, 4) is 22.4 Å². The van der Waals surface area contributed by atoms with Gasteiger partial charge in [-0.25, -0.2) is 14.2 Å². The number of aromatic amines is 1. The summed E-state index contributed by atoms with van der Waals surface area (Å²) in [5.41, 5.74) is 3.71. The molecule has 12 heteroatoms. The van der Waals surface area contributed by atoms with Crippen LogP contribution in [0.5, 0.6) is 0 Å². The van der Waals surface area contributed by atoms with Gasteiger partial charge in [-0.2, -0.15) is 0 Å². The number of piperazine rings is 1. The molecule has 0 radical (unpaired) electrons. The van der Waals surface area contributed by atoms with Gasteiger partial charge in [0.1, 0.15) is 17.0 Å². The molecule has 4 aromatic rings. The van der Waals surface area contributed by atoms with Crippen molar-refractivity contribution in [2.45, 2.75) is 26.8 Å². The Labute approximate surface area is 229 Å². The molecule has 4 heterocycles. The number of amides is 3. The minimum absolute atomic E-state index is 0.0292. The monoisotopic (exact) mass is 545 g/mol. The molecular formula is C28H28FN7O4. The zero-order chi connectivity index (χ0) is 28.2. The van der Waals surface area contributed by atoms with E-state index in [1.54, 1.807) is 35.9 Å². The Bertz CT molecular complexity index is 1570. The van der Waals surface area contributed by atoms with Gasteiger partial charge in [-0.15, -0.1) is 0 Å². The van der Waals surface area contributed by atoms with Crippen LogP contribution in [0, 0.1) is 5.82 Å². The second-order valence-corrected chi connectivity index (χ2v) is 9.21. The Morgan fingerprint density at radius 1 is 1.12 bits per heavy atom. The van der Waals surface area contributed by atoms with Crippen LogP contribution in [0.25, 0.3) is 33.4 Å². The van der Waals surface area contributed by atoms with E-state index < -0.39 is 11.9 Å². The van der Waals surface area contributed by atoms with Crippen molar-refractivity contribution >= 4 is 34.9 Å². The number of imidazole rings is 1. The zero-order valence-electron chi connectivity index (χ0n) is 22.1. The molecule has 0 spiro atoms. The molecular weight excluding hydrogens is 517 g/mol. The van der Waals surface area contributed by atoms with Gasteiger partial charge in [0.15, 0.2) is 0 Å². The minimum Gasteiger partial charge on any atom is -0.450 e. The lowest BCUT2D eigenvalue weighted by Crippen LogP contribution is -2.51. The van der Waals surface area contributed by atoms with Gasteiger partial charge in [-0.05, 0) is 42.8 Å². The summed E-state index contributed by atoms with van der Waals surface area (Å²) in [6.45, 7) is 5.04. The van der Waals surface area contributed by atoms with E-state index in [1.807, 2.05) is 18.2 Å². The van der Waals surface area contributed by atoms with Crippen LogP contribution in [0.3, 0.4) is 0 Å². The first-order valence-corrected chi connectivity index (χ1v) is 13.0. The lowest BCUT2D eigenvalue weighted by Gasteiger charge is -2.34. The van der Waals surface area contributed by atoms with E-state index in [1.165, 1.54) is 18.3 Å². The molecule has 1 aliphatic heterocycles. The van der Waals surface area contributed by atoms with Crippen molar-refractivity contribution in [2.24, 2.45) is 0 Å². The lowest BCUT2D eigenvalue weighted by atomic mass is 10.0. The first kappa shape index (κ1) is 26.7. The van der Waals surface area contributed by atoms with E-state index >= 15 is 0 Å². The van der Waals surface area contributed by atoms with E-state index in [9.17, 15) is 18.8 Å². The van der Waals surface area contributed by atoms with Crippen LogP contribution < -0.4 is 5.32 Å². The van der Waals surface area contributed by atoms with E-state index in [4.69, 9.17) is 4.74 Å². The molecule has 1 aliphatic rings. The number of hydrogen-bond acceptors (Lipinski definition) is 7. The summed E-state index contributed by atoms with van der Waals surface area (Å²) in [4.78, 5) is 56.0. The second kappa shape index (κ2) is 11.5. The Morgan fingerprint density at radius 2 is 1.98 bits per heavy atom. The standard InChI is InChI=1S/C28H28FN7O4/c1-3-23(37)36-11-10-35(24(38)16-36)15-19-8-7-17(14-31-19)18-12-20(25-21(29)6-5-9-30-25)26-22(13-18)32-27(33-26)34-28(39)40-4-2/h5-9,12-14H,3-4,10-11,15-16H2,1-2H3,(H2,32,33,34,39). The maximum absolute atomic E-state index is 14.8. The fraction of sp³-hybridized carbons (Fsp3) is 0.286. The highest BCUT2D eigenvalue weighted by Gasteiger charge is 2.26. The number of nitrogens with one attached hydrogen (secondary N) is 2. The van der Waals surface area contributed by atoms with Gasteiger partial charge in [0, 0.05) is 43.0 Å². The highest BCUT2D eigenvalue weighted by atomic mass is 19.1. The number of rotatable bonds is 7. The van der Waals surface area contributed by atoms with Crippen molar-refractivity contribution in [2.75, 3.05) is 31.6 Å². The first-order chi connectivity index (χ1) is 19.4. The number of pyridine rings is 2. The number of benzene rings is 1. The highest BCUT2D eigenvalue weighted by molar-refractivity contribution is 5.97. The van der Waals surface area contributed by atoms with Gasteiger partial charge in [0.25, 0.3) is 0 Å². The lowest BCUT2D eigenvalue weighted by molar-refractivity contribution is -0.145. The normalized spacial score (nSPS) is 13.5. The molecule has 2 N–H and O–H groups in total. The third kappa shape index (κ3) is 5.60. The van der Waals surface area contributed by atoms with Crippen molar-refractivity contribution in [1.29, 1.82) is 0 Å². The number of anilines is 1. The molecule has 206 valence electrons. The van der Waals surface area contributed by atoms with Crippen LogP contribution in [0.1, 0.15) is 26.0 Å². The molecule has 0 aliphatic carbocycles. The average Bonchev–Trinajstić information content (AvgIpc) is 3.36. The molecule has 5 rings (SSSR count). The van der Waals surface area contributed by atoms with Gasteiger partial charge in [0.05, 0.1) is 30.9 Å². The van der Waals surface area contributed by atoms with Gasteiger partial charge in [-0.1, -0.05) is 13.0 Å². The summed E-state index contributed by atoms with van der Waals surface area (Å²) in [5.74, 6) is -0.499. The average molecular weight is 546 g/mol. The van der Waals surface area contributed by atoms with Crippen LogP contribution in [0.2, 0.25) is 0 Å². The van der Waals surface area contributed by atoms with Gasteiger partial charge in [-0.3, -0.25) is 24.9 Å². The molecule has 3 aromatic heterocycles. The maximum Gasteiger partial charge on any atom is 0.413 e. The predicted molar refractivity (Wildman–Crippen MR) is 145 cm³/mol. The Morgan fingerprint density at radius 3 is 2.67 bits per heavy atom. The van der Waals surface area contributed by atoms with E-state index in [0.717, 1.165) is 11.1 Å². The zero-order valence-corrected chi connectivity index (χ0v) is 22.1. The number of hydrogen-bond donors (Lipinski definition) is 2. The topological polar surface area (TPSA) is 133 Å². The van der Waals surface area contributed by atoms with Crippen LogP contribution in [0.4, 0.5) is 15.1 Å². The fourth-order valence-electron chi connectivity index (χ4n) is 4.57. The van der Waals surface area contributed by atoms with Crippen molar-refractivity contribution < 1.29 is 23.5 Å². The van der Waals surface area contributed by atoms with Gasteiger partial charge >= 0.3 is 6.09 Å². The molecule has 0 unspecified atom stereocenters. The molecule has 0 bridgehead atoms. The van der Waals surface area contributed by atoms with Crippen molar-refractivity contribution in [3.63, 3.8) is 0 Å². The van der Waals surface area contributed by atoms with Gasteiger partial charge in [0.2, 0.25) is 17.8 Å². The molecule has 11 nitrogen and oxygen atoms in total. The van der Waals surface area contributed by atoms with E-state index in [2.05, 4.69) is 25.3 Å². The first-order valence-electron chi connectivity index (χ1n) is 13.0. The number of carbonyl (C=O) groups excluding carboxylic acids is 3. The molecule has 3 amide bonds. The number of aromatic nitrogens is 4. The Balaban J connectivity index is 1.43. The van der Waals surface area contributed by atoms with Crippen LogP contribution in [-0.4, -0.2) is 73.9 Å². The summed E-state index contributed by atoms with van der Waals surface area (Å²) < 4.78 is 19.7. The van der Waals surface area contributed by atoms with Crippen molar-refractivity contribution in [3.05, 3.63) is 60.3 Å². The molecule has 1 aromatic carbocycles. The number of H-pyrrole nitrogens is 1. The fourth-order valence-corrected chi connectivity index (χ4v) is 4.57. The maximum atomic E-state index is 14.8. The number of fused-ring (bicyclic) bond motifs is 1. The summed E-state index contributed by atoms with van der Waals surface area (Å²) in [5, 5.41) is 2.54. The van der Waals surface area contributed by atoms with Gasteiger partial charge < -0.3 is 19.5 Å². The summed E-state index contributed by atoms with van der Waals surface area (Å²) in [7, 11) is 0. The molecule has 1 saturated heterocycles. The minimum atomic E-state index is -0.663. The number of carbonyl (C=O) groups is 3. The third-order valence-corrected chi connectivity index (χ3v) is 6.58.